The lowest BCUT2D eigenvalue weighted by atomic mass is 10.2. The molecule has 2 rings (SSSR count). The summed E-state index contributed by atoms with van der Waals surface area (Å²) in [6, 6.07) is 3.05. The summed E-state index contributed by atoms with van der Waals surface area (Å²) in [7, 11) is -4.66. The molecular weight excluding hydrogens is 389 g/mol. The molecule has 2 atom stereocenters. The van der Waals surface area contributed by atoms with Crippen LogP contribution in [-0.4, -0.2) is 35.5 Å². The number of amides is 2. The van der Waals surface area contributed by atoms with Gasteiger partial charge in [0.1, 0.15) is 5.75 Å². The summed E-state index contributed by atoms with van der Waals surface area (Å²) in [5, 5.41) is -0.289. The van der Waals surface area contributed by atoms with Gasteiger partial charge < -0.3 is 10.1 Å². The first-order chi connectivity index (χ1) is 11.4. The number of hydrogen-bond acceptors (Lipinski definition) is 4. The van der Waals surface area contributed by atoms with E-state index in [2.05, 4.69) is 0 Å². The molecule has 7 nitrogen and oxygen atoms in total. The van der Waals surface area contributed by atoms with Crippen molar-refractivity contribution in [1.29, 1.82) is 0 Å². The van der Waals surface area contributed by atoms with Crippen LogP contribution in [0.5, 0.6) is 5.75 Å². The molecule has 138 valence electrons. The number of ether oxygens (including phenoxy) is 1. The van der Waals surface area contributed by atoms with Gasteiger partial charge in [-0.05, 0) is 25.1 Å². The van der Waals surface area contributed by atoms with Crippen molar-refractivity contribution >= 4 is 27.8 Å². The maximum Gasteiger partial charge on any atom is 0.416 e. The van der Waals surface area contributed by atoms with E-state index in [4.69, 9.17) is 20.9 Å². The SMILES string of the molecule is CC(Oc1cccc(C(F)(F)F)c1)N1C=C(Cl)C(S(=O)(=O)O)NC1=O. The number of carbonyl (C=O) groups is 1. The molecule has 0 bridgehead atoms. The molecule has 1 aromatic carbocycles. The Kier molecular flexibility index (Phi) is 5.21. The molecule has 1 aromatic rings. The standard InChI is InChI=1S/C13H12ClF3N2O5S/c1-7(24-9-4-2-3-8(5-9)13(15,16)17)19-6-10(14)11(18-12(19)20)25(21,22)23/h2-7,11H,1H3,(H,18,20)(H,21,22,23). The number of alkyl halides is 3. The zero-order valence-corrected chi connectivity index (χ0v) is 14.1. The Morgan fingerprint density at radius 3 is 2.60 bits per heavy atom. The van der Waals surface area contributed by atoms with E-state index in [-0.39, 0.29) is 5.75 Å². The normalized spacial score (nSPS) is 19.9. The lowest BCUT2D eigenvalue weighted by Crippen LogP contribution is -2.53. The van der Waals surface area contributed by atoms with Crippen molar-refractivity contribution < 1.29 is 35.7 Å². The van der Waals surface area contributed by atoms with E-state index in [1.807, 2.05) is 5.32 Å². The van der Waals surface area contributed by atoms with E-state index in [9.17, 15) is 26.4 Å². The number of rotatable bonds is 4. The number of hydrogen-bond donors (Lipinski definition) is 2. The van der Waals surface area contributed by atoms with Crippen LogP contribution in [0.25, 0.3) is 0 Å². The molecule has 0 fully saturated rings. The van der Waals surface area contributed by atoms with Crippen LogP contribution in [0.1, 0.15) is 12.5 Å². The van der Waals surface area contributed by atoms with Gasteiger partial charge in [0.25, 0.3) is 10.1 Å². The van der Waals surface area contributed by atoms with Gasteiger partial charge in [-0.3, -0.25) is 9.45 Å². The average Bonchev–Trinajstić information content (AvgIpc) is 2.47. The monoisotopic (exact) mass is 400 g/mol. The third-order valence-corrected chi connectivity index (χ3v) is 4.57. The van der Waals surface area contributed by atoms with Crippen LogP contribution in [0, 0.1) is 0 Å². The summed E-state index contributed by atoms with van der Waals surface area (Å²) in [5.41, 5.74) is -0.930. The van der Waals surface area contributed by atoms with Crippen molar-refractivity contribution in [2.75, 3.05) is 0 Å². The lowest BCUT2D eigenvalue weighted by Gasteiger charge is -2.32. The third-order valence-electron chi connectivity index (χ3n) is 3.16. The molecule has 0 saturated heterocycles. The van der Waals surface area contributed by atoms with Crippen molar-refractivity contribution in [3.8, 4) is 5.75 Å². The molecule has 0 spiro atoms. The van der Waals surface area contributed by atoms with Crippen molar-refractivity contribution in [2.24, 2.45) is 0 Å². The second-order valence-corrected chi connectivity index (χ2v) is 6.95. The fourth-order valence-electron chi connectivity index (χ4n) is 2.00. The molecular formula is C13H12ClF3N2O5S. The lowest BCUT2D eigenvalue weighted by molar-refractivity contribution is -0.137. The quantitative estimate of drug-likeness (QED) is 0.758. The van der Waals surface area contributed by atoms with Crippen molar-refractivity contribution in [3.05, 3.63) is 41.1 Å². The minimum atomic E-state index is -4.66. The van der Waals surface area contributed by atoms with Crippen LogP contribution in [0.3, 0.4) is 0 Å². The highest BCUT2D eigenvalue weighted by molar-refractivity contribution is 7.86. The van der Waals surface area contributed by atoms with Gasteiger partial charge >= 0.3 is 12.2 Å². The smallest absolute Gasteiger partial charge is 0.416 e. The molecule has 1 aliphatic heterocycles. The van der Waals surface area contributed by atoms with Crippen molar-refractivity contribution in [1.82, 2.24) is 10.2 Å². The van der Waals surface area contributed by atoms with Gasteiger partial charge in [0.15, 0.2) is 11.6 Å². The molecule has 2 N–H and O–H groups in total. The summed E-state index contributed by atoms with van der Waals surface area (Å²) in [5.74, 6) is -0.156. The number of carbonyl (C=O) groups excluding carboxylic acids is 1. The van der Waals surface area contributed by atoms with Gasteiger partial charge in [0, 0.05) is 6.20 Å². The van der Waals surface area contributed by atoms with Crippen LogP contribution in [0.15, 0.2) is 35.5 Å². The number of urea groups is 1. The van der Waals surface area contributed by atoms with Crippen LogP contribution in [0.2, 0.25) is 0 Å². The molecule has 1 aliphatic rings. The molecule has 2 amide bonds. The van der Waals surface area contributed by atoms with Crippen LogP contribution < -0.4 is 10.1 Å². The fourth-order valence-corrected chi connectivity index (χ4v) is 3.09. The van der Waals surface area contributed by atoms with Gasteiger partial charge in [0.05, 0.1) is 10.6 Å². The number of nitrogens with one attached hydrogen (secondary N) is 1. The largest absolute Gasteiger partial charge is 0.470 e. The number of benzene rings is 1. The molecule has 0 aromatic heterocycles. The van der Waals surface area contributed by atoms with Crippen LogP contribution in [0.4, 0.5) is 18.0 Å². The van der Waals surface area contributed by atoms with E-state index in [1.54, 1.807) is 0 Å². The van der Waals surface area contributed by atoms with Crippen LogP contribution in [-0.2, 0) is 16.3 Å². The Balaban J connectivity index is 2.20. The van der Waals surface area contributed by atoms with E-state index in [0.29, 0.717) is 0 Å². The Labute approximate surface area is 145 Å². The van der Waals surface area contributed by atoms with E-state index in [0.717, 1.165) is 29.3 Å². The highest BCUT2D eigenvalue weighted by Crippen LogP contribution is 2.32. The second-order valence-electron chi connectivity index (χ2n) is 5.01. The molecule has 2 unspecified atom stereocenters. The Bertz CT molecular complexity index is 812. The van der Waals surface area contributed by atoms with Gasteiger partial charge in [-0.2, -0.15) is 21.6 Å². The van der Waals surface area contributed by atoms with E-state index < -0.39 is 44.5 Å². The van der Waals surface area contributed by atoms with Gasteiger partial charge in [-0.25, -0.2) is 4.79 Å². The summed E-state index contributed by atoms with van der Waals surface area (Å²) in [6.07, 6.45) is -4.76. The van der Waals surface area contributed by atoms with E-state index >= 15 is 0 Å². The molecule has 25 heavy (non-hydrogen) atoms. The summed E-state index contributed by atoms with van der Waals surface area (Å²) >= 11 is 5.72. The molecule has 1 heterocycles. The predicted octanol–water partition coefficient (Wildman–Crippen LogP) is 2.75. The second kappa shape index (κ2) is 6.73. The average molecular weight is 401 g/mol. The number of nitrogens with zero attached hydrogens (tertiary/aromatic N) is 1. The fraction of sp³-hybridized carbons (Fsp3) is 0.308. The third kappa shape index (κ3) is 4.55. The molecule has 0 aliphatic carbocycles. The first kappa shape index (κ1) is 19.3. The first-order valence-electron chi connectivity index (χ1n) is 6.66. The summed E-state index contributed by atoms with van der Waals surface area (Å²) in [4.78, 5) is 12.8. The Hall–Kier alpha value is -1.98. The topological polar surface area (TPSA) is 95.9 Å². The van der Waals surface area contributed by atoms with Gasteiger partial charge in [-0.1, -0.05) is 17.7 Å². The highest BCUT2D eigenvalue weighted by Gasteiger charge is 2.36. The Morgan fingerprint density at radius 1 is 1.40 bits per heavy atom. The zero-order valence-electron chi connectivity index (χ0n) is 12.5. The first-order valence-corrected chi connectivity index (χ1v) is 8.54. The maximum atomic E-state index is 12.7. The minimum Gasteiger partial charge on any atom is -0.470 e. The highest BCUT2D eigenvalue weighted by atomic mass is 35.5. The zero-order chi connectivity index (χ0) is 19.0. The minimum absolute atomic E-state index is 0.156. The molecule has 0 radical (unpaired) electrons. The van der Waals surface area contributed by atoms with Crippen molar-refractivity contribution in [2.45, 2.75) is 24.7 Å². The van der Waals surface area contributed by atoms with Gasteiger partial charge in [0.2, 0.25) is 0 Å². The molecule has 12 heteroatoms. The van der Waals surface area contributed by atoms with Crippen molar-refractivity contribution in [3.63, 3.8) is 0 Å². The predicted molar refractivity (Wildman–Crippen MR) is 81.2 cm³/mol. The summed E-state index contributed by atoms with van der Waals surface area (Å²) in [6.45, 7) is 1.34. The van der Waals surface area contributed by atoms with Gasteiger partial charge in [-0.15, -0.1) is 0 Å². The molecule has 0 saturated carbocycles. The number of halogens is 4. The van der Waals surface area contributed by atoms with Crippen LogP contribution >= 0.6 is 11.6 Å². The Morgan fingerprint density at radius 2 is 2.04 bits per heavy atom. The van der Waals surface area contributed by atoms with E-state index in [1.165, 1.54) is 13.0 Å². The maximum absolute atomic E-state index is 12.7. The summed E-state index contributed by atoms with van der Waals surface area (Å²) < 4.78 is 74.5.